The third-order valence-corrected chi connectivity index (χ3v) is 4.00. The zero-order valence-corrected chi connectivity index (χ0v) is 11.2. The Labute approximate surface area is 109 Å². The van der Waals surface area contributed by atoms with Crippen LogP contribution in [-0.2, 0) is 17.1 Å². The summed E-state index contributed by atoms with van der Waals surface area (Å²) in [4.78, 5) is 15.3. The lowest BCUT2D eigenvalue weighted by Crippen LogP contribution is -2.15. The molecule has 2 aromatic rings. The van der Waals surface area contributed by atoms with Crippen LogP contribution in [-0.4, -0.2) is 34.8 Å². The predicted molar refractivity (Wildman–Crippen MR) is 70.8 cm³/mol. The quantitative estimate of drug-likeness (QED) is 0.872. The number of aromatic carboxylic acids is 1. The molecule has 0 spiro atoms. The van der Waals surface area contributed by atoms with Crippen molar-refractivity contribution in [2.45, 2.75) is 6.92 Å². The van der Waals surface area contributed by atoms with Gasteiger partial charge in [-0.2, -0.15) is 0 Å². The van der Waals surface area contributed by atoms with Crippen LogP contribution in [0.5, 0.6) is 0 Å². The van der Waals surface area contributed by atoms with Gasteiger partial charge in [-0.25, -0.2) is 18.2 Å². The number of benzene rings is 1. The summed E-state index contributed by atoms with van der Waals surface area (Å²) in [5.74, 6) is -1.22. The third kappa shape index (κ3) is 2.53. The molecule has 102 valence electrons. The molecule has 0 aliphatic rings. The van der Waals surface area contributed by atoms with Crippen LogP contribution in [0.4, 0.5) is 5.69 Å². The van der Waals surface area contributed by atoms with Crippen LogP contribution in [0.25, 0.3) is 11.0 Å². The van der Waals surface area contributed by atoms with Gasteiger partial charge in [-0.05, 0) is 19.1 Å². The summed E-state index contributed by atoms with van der Waals surface area (Å²) in [5.41, 5.74) is 1.08. The number of fused-ring (bicyclic) bond motifs is 1. The Hall–Kier alpha value is -2.09. The van der Waals surface area contributed by atoms with Gasteiger partial charge in [-0.1, -0.05) is 0 Å². The predicted octanol–water partition coefficient (Wildman–Crippen LogP) is 1.03. The number of rotatable bonds is 4. The summed E-state index contributed by atoms with van der Waals surface area (Å²) in [6.07, 6.45) is 1.48. The first-order valence-corrected chi connectivity index (χ1v) is 7.18. The van der Waals surface area contributed by atoms with Crippen LogP contribution >= 0.6 is 0 Å². The second-order valence-corrected chi connectivity index (χ2v) is 6.07. The van der Waals surface area contributed by atoms with E-state index in [1.807, 2.05) is 0 Å². The molecule has 2 N–H and O–H groups in total. The van der Waals surface area contributed by atoms with Crippen molar-refractivity contribution in [2.75, 3.05) is 10.5 Å². The minimum absolute atomic E-state index is 0.00584. The number of nitrogens with one attached hydrogen (secondary N) is 1. The average Bonchev–Trinajstić information content (AvgIpc) is 2.69. The summed E-state index contributed by atoms with van der Waals surface area (Å²) < 4.78 is 26.9. The Morgan fingerprint density at radius 1 is 1.47 bits per heavy atom. The number of hydrogen-bond acceptors (Lipinski definition) is 4. The van der Waals surface area contributed by atoms with Crippen LogP contribution in [0.2, 0.25) is 0 Å². The van der Waals surface area contributed by atoms with Crippen LogP contribution in [0.1, 0.15) is 17.3 Å². The molecule has 1 heterocycles. The Kier molecular flexibility index (Phi) is 3.19. The van der Waals surface area contributed by atoms with E-state index in [1.54, 1.807) is 11.6 Å². The molecule has 0 atom stereocenters. The monoisotopic (exact) mass is 283 g/mol. The third-order valence-electron chi connectivity index (χ3n) is 2.70. The number of hydrogen-bond donors (Lipinski definition) is 2. The number of aromatic nitrogens is 2. The van der Waals surface area contributed by atoms with Gasteiger partial charge in [0.05, 0.1) is 34.4 Å². The molecular weight excluding hydrogens is 270 g/mol. The number of nitrogens with zero attached hydrogens (tertiary/aromatic N) is 2. The fourth-order valence-electron chi connectivity index (χ4n) is 1.77. The second kappa shape index (κ2) is 4.54. The normalized spacial score (nSPS) is 11.7. The summed E-state index contributed by atoms with van der Waals surface area (Å²) in [6.45, 7) is 1.50. The van der Waals surface area contributed by atoms with Gasteiger partial charge in [0.25, 0.3) is 0 Å². The highest BCUT2D eigenvalue weighted by Gasteiger charge is 2.16. The van der Waals surface area contributed by atoms with Crippen LogP contribution in [0, 0.1) is 0 Å². The Morgan fingerprint density at radius 2 is 2.16 bits per heavy atom. The van der Waals surface area contributed by atoms with E-state index < -0.39 is 16.0 Å². The van der Waals surface area contributed by atoms with E-state index in [4.69, 9.17) is 0 Å². The van der Waals surface area contributed by atoms with Crippen molar-refractivity contribution in [3.63, 3.8) is 0 Å². The standard InChI is InChI=1S/C11H13N3O4S/c1-3-19(17,18)13-7-4-8(11(15)16)10-9(5-7)12-6-14(10)2/h4-6,13H,3H2,1-2H3,(H,15,16). The van der Waals surface area contributed by atoms with Crippen LogP contribution < -0.4 is 4.72 Å². The van der Waals surface area contributed by atoms with Gasteiger partial charge in [0.1, 0.15) is 0 Å². The smallest absolute Gasteiger partial charge is 0.337 e. The number of carboxylic acids is 1. The summed E-state index contributed by atoms with van der Waals surface area (Å²) in [6, 6.07) is 2.80. The molecule has 0 bridgehead atoms. The molecular formula is C11H13N3O4S. The lowest BCUT2D eigenvalue weighted by molar-refractivity contribution is 0.0698. The second-order valence-electron chi connectivity index (χ2n) is 4.06. The minimum atomic E-state index is -3.45. The summed E-state index contributed by atoms with van der Waals surface area (Å²) in [7, 11) is -1.78. The van der Waals surface area contributed by atoms with Gasteiger partial charge in [-0.15, -0.1) is 0 Å². The van der Waals surface area contributed by atoms with Gasteiger partial charge < -0.3 is 9.67 Å². The first-order chi connectivity index (χ1) is 8.84. The fourth-order valence-corrected chi connectivity index (χ4v) is 2.39. The van der Waals surface area contributed by atoms with Crippen molar-refractivity contribution in [1.29, 1.82) is 0 Å². The molecule has 0 fully saturated rings. The van der Waals surface area contributed by atoms with Gasteiger partial charge in [-0.3, -0.25) is 4.72 Å². The van der Waals surface area contributed by atoms with Crippen LogP contribution in [0.15, 0.2) is 18.5 Å². The van der Waals surface area contributed by atoms with Crippen molar-refractivity contribution in [3.8, 4) is 0 Å². The van der Waals surface area contributed by atoms with E-state index in [0.29, 0.717) is 11.0 Å². The van der Waals surface area contributed by atoms with Crippen molar-refractivity contribution in [2.24, 2.45) is 7.05 Å². The maximum absolute atomic E-state index is 11.5. The average molecular weight is 283 g/mol. The molecule has 7 nitrogen and oxygen atoms in total. The highest BCUT2D eigenvalue weighted by Crippen LogP contribution is 2.23. The summed E-state index contributed by atoms with van der Waals surface area (Å²) in [5, 5.41) is 9.19. The molecule has 0 aliphatic heterocycles. The number of anilines is 1. The summed E-state index contributed by atoms with van der Waals surface area (Å²) >= 11 is 0. The largest absolute Gasteiger partial charge is 0.478 e. The molecule has 0 amide bonds. The molecule has 1 aromatic carbocycles. The molecule has 0 aliphatic carbocycles. The molecule has 0 saturated carbocycles. The number of aryl methyl sites for hydroxylation is 1. The van der Waals surface area contributed by atoms with E-state index in [0.717, 1.165) is 0 Å². The SMILES string of the molecule is CCS(=O)(=O)Nc1cc(C(=O)O)c2c(c1)ncn2C. The van der Waals surface area contributed by atoms with Crippen molar-refractivity contribution < 1.29 is 18.3 Å². The fraction of sp³-hybridized carbons (Fsp3) is 0.273. The number of imidazole rings is 1. The Bertz CT molecular complexity index is 749. The highest BCUT2D eigenvalue weighted by molar-refractivity contribution is 7.92. The zero-order chi connectivity index (χ0) is 14.2. The number of sulfonamides is 1. The lowest BCUT2D eigenvalue weighted by atomic mass is 10.1. The maximum atomic E-state index is 11.5. The molecule has 0 saturated heterocycles. The van der Waals surface area contributed by atoms with E-state index in [1.165, 1.54) is 25.4 Å². The van der Waals surface area contributed by atoms with E-state index in [9.17, 15) is 18.3 Å². The number of carboxylic acid groups (broad SMARTS) is 1. The Balaban J connectivity index is 2.63. The zero-order valence-electron chi connectivity index (χ0n) is 10.4. The van der Waals surface area contributed by atoms with E-state index >= 15 is 0 Å². The molecule has 19 heavy (non-hydrogen) atoms. The first-order valence-electron chi connectivity index (χ1n) is 5.53. The Morgan fingerprint density at radius 3 is 2.74 bits per heavy atom. The molecule has 8 heteroatoms. The minimum Gasteiger partial charge on any atom is -0.478 e. The van der Waals surface area contributed by atoms with Crippen molar-refractivity contribution in [1.82, 2.24) is 9.55 Å². The first kappa shape index (κ1) is 13.3. The molecule has 0 radical (unpaired) electrons. The topological polar surface area (TPSA) is 101 Å². The van der Waals surface area contributed by atoms with Gasteiger partial charge in [0.15, 0.2) is 0 Å². The van der Waals surface area contributed by atoms with Crippen molar-refractivity contribution >= 4 is 32.7 Å². The molecule has 2 rings (SSSR count). The van der Waals surface area contributed by atoms with Gasteiger partial charge >= 0.3 is 5.97 Å². The van der Waals surface area contributed by atoms with E-state index in [2.05, 4.69) is 9.71 Å². The molecule has 0 unspecified atom stereocenters. The lowest BCUT2D eigenvalue weighted by Gasteiger charge is -2.08. The number of carbonyl (C=O) groups is 1. The molecule has 1 aromatic heterocycles. The maximum Gasteiger partial charge on any atom is 0.337 e. The van der Waals surface area contributed by atoms with Gasteiger partial charge in [0.2, 0.25) is 10.0 Å². The van der Waals surface area contributed by atoms with Gasteiger partial charge in [0, 0.05) is 7.05 Å². The highest BCUT2D eigenvalue weighted by atomic mass is 32.2. The van der Waals surface area contributed by atoms with E-state index in [-0.39, 0.29) is 17.0 Å². The van der Waals surface area contributed by atoms with Crippen LogP contribution in [0.3, 0.4) is 0 Å². The van der Waals surface area contributed by atoms with Crippen molar-refractivity contribution in [3.05, 3.63) is 24.0 Å².